The Morgan fingerprint density at radius 2 is 1.65 bits per heavy atom. The lowest BCUT2D eigenvalue weighted by Gasteiger charge is -2.17. The topological polar surface area (TPSA) is 32.3 Å². The van der Waals surface area contributed by atoms with Crippen LogP contribution in [0, 0.1) is 6.92 Å². The zero-order valence-corrected chi connectivity index (χ0v) is 13.0. The summed E-state index contributed by atoms with van der Waals surface area (Å²) in [6.45, 7) is 1.90. The van der Waals surface area contributed by atoms with Crippen LogP contribution < -0.4 is 10.2 Å². The number of aryl methyl sites for hydroxylation is 1. The highest BCUT2D eigenvalue weighted by molar-refractivity contribution is 6.05. The number of alkyl halides is 3. The molecule has 122 valence electrons. The van der Waals surface area contributed by atoms with Crippen molar-refractivity contribution in [1.29, 1.82) is 0 Å². The van der Waals surface area contributed by atoms with Gasteiger partial charge in [-0.25, -0.2) is 0 Å². The van der Waals surface area contributed by atoms with Crippen LogP contribution >= 0.6 is 0 Å². The Balaban J connectivity index is 2.35. The van der Waals surface area contributed by atoms with Gasteiger partial charge in [0.05, 0.1) is 5.56 Å². The number of halogens is 3. The number of hydrogen-bond acceptors (Lipinski definition) is 2. The molecule has 0 bridgehead atoms. The summed E-state index contributed by atoms with van der Waals surface area (Å²) < 4.78 is 39.0. The van der Waals surface area contributed by atoms with E-state index in [4.69, 9.17) is 0 Å². The third kappa shape index (κ3) is 4.25. The molecule has 0 aliphatic carbocycles. The minimum absolute atomic E-state index is 0.0379. The van der Waals surface area contributed by atoms with Crippen LogP contribution in [-0.4, -0.2) is 20.0 Å². The van der Waals surface area contributed by atoms with Crippen molar-refractivity contribution in [2.24, 2.45) is 0 Å². The molecule has 0 spiro atoms. The molecule has 6 heteroatoms. The molecule has 0 aromatic heterocycles. The first-order chi connectivity index (χ1) is 10.7. The Labute approximate surface area is 132 Å². The molecule has 0 heterocycles. The molecule has 0 atom stereocenters. The highest BCUT2D eigenvalue weighted by Crippen LogP contribution is 2.32. The molecule has 1 amide bonds. The monoisotopic (exact) mass is 322 g/mol. The van der Waals surface area contributed by atoms with Gasteiger partial charge in [0.1, 0.15) is 0 Å². The molecular formula is C17H17F3N2O. The number of hydrogen-bond donors (Lipinski definition) is 1. The third-order valence-electron chi connectivity index (χ3n) is 3.33. The molecule has 2 aromatic rings. The fraction of sp³-hybridized carbons (Fsp3) is 0.235. The van der Waals surface area contributed by atoms with Gasteiger partial charge in [0, 0.05) is 31.0 Å². The summed E-state index contributed by atoms with van der Waals surface area (Å²) in [5.74, 6) is -0.581. The maximum Gasteiger partial charge on any atom is 0.416 e. The van der Waals surface area contributed by atoms with Gasteiger partial charge in [0.15, 0.2) is 0 Å². The predicted molar refractivity (Wildman–Crippen MR) is 84.9 cm³/mol. The van der Waals surface area contributed by atoms with Crippen LogP contribution in [0.2, 0.25) is 0 Å². The van der Waals surface area contributed by atoms with Crippen molar-refractivity contribution < 1.29 is 18.0 Å². The Morgan fingerprint density at radius 3 is 2.17 bits per heavy atom. The first-order valence-corrected chi connectivity index (χ1v) is 6.94. The van der Waals surface area contributed by atoms with Crippen LogP contribution in [0.4, 0.5) is 24.5 Å². The van der Waals surface area contributed by atoms with E-state index in [1.165, 1.54) is 11.0 Å². The molecule has 0 aliphatic rings. The van der Waals surface area contributed by atoms with E-state index in [1.54, 1.807) is 26.2 Å². The van der Waals surface area contributed by atoms with E-state index in [0.717, 1.165) is 17.7 Å². The molecule has 0 radical (unpaired) electrons. The average molecular weight is 322 g/mol. The van der Waals surface area contributed by atoms with E-state index in [9.17, 15) is 18.0 Å². The quantitative estimate of drug-likeness (QED) is 0.912. The van der Waals surface area contributed by atoms with Crippen LogP contribution in [0.3, 0.4) is 0 Å². The van der Waals surface area contributed by atoms with Crippen molar-refractivity contribution in [1.82, 2.24) is 0 Å². The molecule has 0 fully saturated rings. The Morgan fingerprint density at radius 1 is 1.04 bits per heavy atom. The van der Waals surface area contributed by atoms with Gasteiger partial charge in [-0.3, -0.25) is 4.79 Å². The lowest BCUT2D eigenvalue weighted by Crippen LogP contribution is -2.17. The molecule has 3 nitrogen and oxygen atoms in total. The summed E-state index contributed by atoms with van der Waals surface area (Å²) in [5, 5.41) is 2.61. The molecule has 0 saturated heterocycles. The Hall–Kier alpha value is -2.50. The minimum Gasteiger partial charge on any atom is -0.378 e. The highest BCUT2D eigenvalue weighted by Gasteiger charge is 2.32. The fourth-order valence-corrected chi connectivity index (χ4v) is 2.00. The second kappa shape index (κ2) is 6.32. The summed E-state index contributed by atoms with van der Waals surface area (Å²) in [5.41, 5.74) is 0.983. The number of benzene rings is 2. The molecular weight excluding hydrogens is 305 g/mol. The lowest BCUT2D eigenvalue weighted by molar-refractivity contribution is -0.137. The standard InChI is InChI=1S/C17H17F3N2O/c1-11-4-6-14(7-5-11)21-16(23)12-8-13(17(18,19)20)10-15(9-12)22(2)3/h4-10H,1-3H3,(H,21,23). The second-order valence-electron chi connectivity index (χ2n) is 5.48. The maximum absolute atomic E-state index is 13.0. The van der Waals surface area contributed by atoms with Crippen molar-refractivity contribution in [3.8, 4) is 0 Å². The van der Waals surface area contributed by atoms with Gasteiger partial charge < -0.3 is 10.2 Å². The maximum atomic E-state index is 13.0. The Kier molecular flexibility index (Phi) is 4.63. The molecule has 0 aliphatic heterocycles. The molecule has 0 saturated carbocycles. The first-order valence-electron chi connectivity index (χ1n) is 6.94. The predicted octanol–water partition coefficient (Wildman–Crippen LogP) is 4.33. The second-order valence-corrected chi connectivity index (χ2v) is 5.48. The third-order valence-corrected chi connectivity index (χ3v) is 3.33. The number of nitrogens with one attached hydrogen (secondary N) is 1. The van der Waals surface area contributed by atoms with Gasteiger partial charge in [-0.05, 0) is 37.3 Å². The number of nitrogens with zero attached hydrogens (tertiary/aromatic N) is 1. The van der Waals surface area contributed by atoms with Crippen molar-refractivity contribution >= 4 is 17.3 Å². The molecule has 2 aromatic carbocycles. The van der Waals surface area contributed by atoms with Crippen molar-refractivity contribution in [2.75, 3.05) is 24.3 Å². The van der Waals surface area contributed by atoms with Gasteiger partial charge >= 0.3 is 6.18 Å². The van der Waals surface area contributed by atoms with E-state index in [-0.39, 0.29) is 5.56 Å². The summed E-state index contributed by atoms with van der Waals surface area (Å²) >= 11 is 0. The van der Waals surface area contributed by atoms with E-state index in [2.05, 4.69) is 5.32 Å². The minimum atomic E-state index is -4.51. The fourth-order valence-electron chi connectivity index (χ4n) is 2.00. The van der Waals surface area contributed by atoms with Crippen LogP contribution in [0.5, 0.6) is 0 Å². The molecule has 1 N–H and O–H groups in total. The molecule has 23 heavy (non-hydrogen) atoms. The summed E-state index contributed by atoms with van der Waals surface area (Å²) in [7, 11) is 3.24. The van der Waals surface area contributed by atoms with Gasteiger partial charge in [0.2, 0.25) is 0 Å². The zero-order chi connectivity index (χ0) is 17.2. The van der Waals surface area contributed by atoms with Crippen LogP contribution in [-0.2, 0) is 6.18 Å². The van der Waals surface area contributed by atoms with Crippen LogP contribution in [0.15, 0.2) is 42.5 Å². The zero-order valence-electron chi connectivity index (χ0n) is 13.0. The summed E-state index contributed by atoms with van der Waals surface area (Å²) in [4.78, 5) is 13.8. The summed E-state index contributed by atoms with van der Waals surface area (Å²) in [6, 6.07) is 10.3. The van der Waals surface area contributed by atoms with Crippen molar-refractivity contribution in [3.05, 3.63) is 59.2 Å². The number of rotatable bonds is 3. The lowest BCUT2D eigenvalue weighted by atomic mass is 10.1. The number of carbonyl (C=O) groups excluding carboxylic acids is 1. The van der Waals surface area contributed by atoms with Crippen molar-refractivity contribution in [3.63, 3.8) is 0 Å². The molecule has 2 rings (SSSR count). The van der Waals surface area contributed by atoms with E-state index in [0.29, 0.717) is 11.4 Å². The first kappa shape index (κ1) is 16.9. The number of amides is 1. The van der Waals surface area contributed by atoms with Crippen LogP contribution in [0.25, 0.3) is 0 Å². The molecule has 0 unspecified atom stereocenters. The average Bonchev–Trinajstić information content (AvgIpc) is 2.48. The number of carbonyl (C=O) groups is 1. The largest absolute Gasteiger partial charge is 0.416 e. The van der Waals surface area contributed by atoms with Gasteiger partial charge in [0.25, 0.3) is 5.91 Å². The van der Waals surface area contributed by atoms with Gasteiger partial charge in [-0.2, -0.15) is 13.2 Å². The van der Waals surface area contributed by atoms with Gasteiger partial charge in [-0.1, -0.05) is 17.7 Å². The van der Waals surface area contributed by atoms with E-state index >= 15 is 0 Å². The summed E-state index contributed by atoms with van der Waals surface area (Å²) in [6.07, 6.45) is -4.51. The smallest absolute Gasteiger partial charge is 0.378 e. The Bertz CT molecular complexity index is 707. The van der Waals surface area contributed by atoms with Gasteiger partial charge in [-0.15, -0.1) is 0 Å². The van der Waals surface area contributed by atoms with E-state index < -0.39 is 17.6 Å². The normalized spacial score (nSPS) is 11.2. The SMILES string of the molecule is Cc1ccc(NC(=O)c2cc(N(C)C)cc(C(F)(F)F)c2)cc1. The highest BCUT2D eigenvalue weighted by atomic mass is 19.4. The van der Waals surface area contributed by atoms with Crippen LogP contribution in [0.1, 0.15) is 21.5 Å². The van der Waals surface area contributed by atoms with Crippen molar-refractivity contribution in [2.45, 2.75) is 13.1 Å². The van der Waals surface area contributed by atoms with E-state index in [1.807, 2.05) is 19.1 Å². The number of anilines is 2.